The van der Waals surface area contributed by atoms with Crippen molar-refractivity contribution in [2.45, 2.75) is 25.6 Å². The molecule has 0 radical (unpaired) electrons. The number of alkyl halides is 1. The fourth-order valence-electron chi connectivity index (χ4n) is 1.03. The van der Waals surface area contributed by atoms with Crippen molar-refractivity contribution < 1.29 is 10.2 Å². The molecule has 2 unspecified atom stereocenters. The summed E-state index contributed by atoms with van der Waals surface area (Å²) in [6, 6.07) is 3.43. The van der Waals surface area contributed by atoms with Gasteiger partial charge >= 0.3 is 0 Å². The number of halogens is 1. The van der Waals surface area contributed by atoms with Gasteiger partial charge in [0.05, 0.1) is 17.5 Å². The molecule has 14 heavy (non-hydrogen) atoms. The minimum Gasteiger partial charge on any atom is -0.390 e. The van der Waals surface area contributed by atoms with Gasteiger partial charge in [0.2, 0.25) is 0 Å². The summed E-state index contributed by atoms with van der Waals surface area (Å²) in [7, 11) is 0. The van der Waals surface area contributed by atoms with Crippen molar-refractivity contribution in [1.29, 1.82) is 0 Å². The number of aryl methyl sites for hydroxylation is 1. The molecule has 2 atom stereocenters. The lowest BCUT2D eigenvalue weighted by molar-refractivity contribution is 0.0142. The predicted octanol–water partition coefficient (Wildman–Crippen LogP) is 0.964. The highest BCUT2D eigenvalue weighted by atomic mass is 79.9. The quantitative estimate of drug-likeness (QED) is 0.792. The molecule has 1 heterocycles. The summed E-state index contributed by atoms with van der Waals surface area (Å²) >= 11 is 3.20. The number of nitrogens with zero attached hydrogens (tertiary/aromatic N) is 2. The lowest BCUT2D eigenvalue weighted by atomic mass is 10.1. The summed E-state index contributed by atoms with van der Waals surface area (Å²) in [5.74, 6) is 0. The van der Waals surface area contributed by atoms with Crippen LogP contribution >= 0.6 is 15.9 Å². The van der Waals surface area contributed by atoms with Crippen LogP contribution in [-0.4, -0.2) is 31.8 Å². The van der Waals surface area contributed by atoms with Crippen LogP contribution in [0.1, 0.15) is 23.9 Å². The highest BCUT2D eigenvalue weighted by Gasteiger charge is 2.18. The monoisotopic (exact) mass is 260 g/mol. The van der Waals surface area contributed by atoms with Gasteiger partial charge in [0.25, 0.3) is 0 Å². The van der Waals surface area contributed by atoms with Gasteiger partial charge in [-0.3, -0.25) is 0 Å². The third-order valence-electron chi connectivity index (χ3n) is 1.89. The summed E-state index contributed by atoms with van der Waals surface area (Å²) in [6.07, 6.45) is -1.27. The van der Waals surface area contributed by atoms with Gasteiger partial charge in [-0.1, -0.05) is 15.9 Å². The summed E-state index contributed by atoms with van der Waals surface area (Å²) in [6.45, 7) is 1.82. The molecular weight excluding hydrogens is 248 g/mol. The first-order chi connectivity index (χ1) is 6.65. The van der Waals surface area contributed by atoms with Crippen LogP contribution in [0.2, 0.25) is 0 Å². The van der Waals surface area contributed by atoms with E-state index in [4.69, 9.17) is 0 Å². The van der Waals surface area contributed by atoms with Crippen LogP contribution in [0.25, 0.3) is 0 Å². The Morgan fingerprint density at radius 3 is 2.57 bits per heavy atom. The van der Waals surface area contributed by atoms with Crippen LogP contribution in [0.15, 0.2) is 12.1 Å². The molecule has 5 heteroatoms. The van der Waals surface area contributed by atoms with Crippen molar-refractivity contribution in [3.63, 3.8) is 0 Å². The zero-order valence-corrected chi connectivity index (χ0v) is 9.48. The van der Waals surface area contributed by atoms with Gasteiger partial charge in [-0.15, -0.1) is 0 Å². The van der Waals surface area contributed by atoms with Crippen LogP contribution in [0, 0.1) is 6.92 Å². The lowest BCUT2D eigenvalue weighted by Crippen LogP contribution is -2.20. The van der Waals surface area contributed by atoms with E-state index >= 15 is 0 Å². The van der Waals surface area contributed by atoms with Gasteiger partial charge in [-0.05, 0) is 25.5 Å². The molecule has 0 aliphatic heterocycles. The molecule has 1 aromatic rings. The molecule has 0 fully saturated rings. The molecule has 0 saturated heterocycles. The maximum Gasteiger partial charge on any atom is 0.124 e. The molecule has 1 rings (SSSR count). The third kappa shape index (κ3) is 3.01. The van der Waals surface area contributed by atoms with Crippen LogP contribution in [0.5, 0.6) is 0 Å². The molecule has 0 aromatic carbocycles. The minimum atomic E-state index is -0.958. The molecule has 0 bridgehead atoms. The molecule has 4 nitrogen and oxygen atoms in total. The van der Waals surface area contributed by atoms with E-state index in [2.05, 4.69) is 26.1 Å². The fraction of sp³-hybridized carbons (Fsp3) is 0.556. The number of rotatable bonds is 4. The Balaban J connectivity index is 2.68. The van der Waals surface area contributed by atoms with Gasteiger partial charge < -0.3 is 10.2 Å². The van der Waals surface area contributed by atoms with Crippen LogP contribution < -0.4 is 0 Å². The summed E-state index contributed by atoms with van der Waals surface area (Å²) in [4.78, 5) is 0. The molecule has 78 valence electrons. The molecule has 2 N–H and O–H groups in total. The molecule has 0 amide bonds. The largest absolute Gasteiger partial charge is 0.390 e. The Hall–Kier alpha value is -0.520. The van der Waals surface area contributed by atoms with E-state index < -0.39 is 12.2 Å². The molecule has 1 aromatic heterocycles. The van der Waals surface area contributed by atoms with E-state index in [0.717, 1.165) is 5.69 Å². The van der Waals surface area contributed by atoms with E-state index in [1.807, 2.05) is 6.92 Å². The van der Waals surface area contributed by atoms with Gasteiger partial charge in [-0.2, -0.15) is 10.2 Å². The Morgan fingerprint density at radius 2 is 2.07 bits per heavy atom. The van der Waals surface area contributed by atoms with Crippen molar-refractivity contribution in [2.75, 3.05) is 5.33 Å². The van der Waals surface area contributed by atoms with Crippen molar-refractivity contribution in [1.82, 2.24) is 10.2 Å². The molecule has 0 aliphatic rings. The Morgan fingerprint density at radius 1 is 1.36 bits per heavy atom. The Kier molecular flexibility index (Phi) is 4.44. The lowest BCUT2D eigenvalue weighted by Gasteiger charge is -2.15. The topological polar surface area (TPSA) is 66.2 Å². The molecular formula is C9H13BrN2O2. The SMILES string of the molecule is Cc1ccc(C(O)C(O)CCBr)nn1. The van der Waals surface area contributed by atoms with E-state index in [9.17, 15) is 10.2 Å². The van der Waals surface area contributed by atoms with Crippen molar-refractivity contribution >= 4 is 15.9 Å². The highest BCUT2D eigenvalue weighted by molar-refractivity contribution is 9.09. The van der Waals surface area contributed by atoms with Crippen molar-refractivity contribution in [3.8, 4) is 0 Å². The van der Waals surface area contributed by atoms with Gasteiger partial charge in [0.15, 0.2) is 0 Å². The van der Waals surface area contributed by atoms with Gasteiger partial charge in [-0.25, -0.2) is 0 Å². The number of aliphatic hydroxyl groups excluding tert-OH is 2. The average Bonchev–Trinajstić information content (AvgIpc) is 2.18. The average molecular weight is 261 g/mol. The summed E-state index contributed by atoms with van der Waals surface area (Å²) in [5.41, 5.74) is 1.19. The van der Waals surface area contributed by atoms with Crippen LogP contribution in [-0.2, 0) is 0 Å². The van der Waals surface area contributed by atoms with Crippen molar-refractivity contribution in [3.05, 3.63) is 23.5 Å². The number of hydrogen-bond acceptors (Lipinski definition) is 4. The first-order valence-corrected chi connectivity index (χ1v) is 5.49. The Bertz CT molecular complexity index is 279. The standard InChI is InChI=1S/C9H13BrN2O2/c1-6-2-3-7(12-11-6)9(14)8(13)4-5-10/h2-3,8-9,13-14H,4-5H2,1H3. The number of aromatic nitrogens is 2. The summed E-state index contributed by atoms with van der Waals surface area (Å²) < 4.78 is 0. The molecule has 0 saturated carbocycles. The third-order valence-corrected chi connectivity index (χ3v) is 2.35. The zero-order chi connectivity index (χ0) is 10.6. The Labute approximate surface area is 91.1 Å². The maximum absolute atomic E-state index is 9.64. The van der Waals surface area contributed by atoms with Gasteiger partial charge in [0, 0.05) is 5.33 Å². The van der Waals surface area contributed by atoms with E-state index in [0.29, 0.717) is 17.4 Å². The predicted molar refractivity (Wildman–Crippen MR) is 56.1 cm³/mol. The molecule has 0 spiro atoms. The molecule has 0 aliphatic carbocycles. The van der Waals surface area contributed by atoms with E-state index in [1.54, 1.807) is 12.1 Å². The van der Waals surface area contributed by atoms with E-state index in [-0.39, 0.29) is 0 Å². The number of hydrogen-bond donors (Lipinski definition) is 2. The minimum absolute atomic E-state index is 0.407. The summed E-state index contributed by atoms with van der Waals surface area (Å²) in [5, 5.41) is 27.4. The van der Waals surface area contributed by atoms with Crippen LogP contribution in [0.3, 0.4) is 0 Å². The normalized spacial score (nSPS) is 15.1. The highest BCUT2D eigenvalue weighted by Crippen LogP contribution is 2.16. The smallest absolute Gasteiger partial charge is 0.124 e. The first kappa shape index (κ1) is 11.6. The van der Waals surface area contributed by atoms with Gasteiger partial charge in [0.1, 0.15) is 6.10 Å². The second-order valence-corrected chi connectivity index (χ2v) is 3.88. The number of aliphatic hydroxyl groups is 2. The zero-order valence-electron chi connectivity index (χ0n) is 7.89. The van der Waals surface area contributed by atoms with E-state index in [1.165, 1.54) is 0 Å². The second-order valence-electron chi connectivity index (χ2n) is 3.09. The first-order valence-electron chi connectivity index (χ1n) is 4.37. The second kappa shape index (κ2) is 5.38. The maximum atomic E-state index is 9.64. The van der Waals surface area contributed by atoms with Crippen LogP contribution in [0.4, 0.5) is 0 Å². The fourth-order valence-corrected chi connectivity index (χ4v) is 1.50. The van der Waals surface area contributed by atoms with Crippen molar-refractivity contribution in [2.24, 2.45) is 0 Å².